The predicted octanol–water partition coefficient (Wildman–Crippen LogP) is 1.94. The van der Waals surface area contributed by atoms with Crippen LogP contribution in [0.4, 0.5) is 15.3 Å². The molecule has 0 saturated heterocycles. The summed E-state index contributed by atoms with van der Waals surface area (Å²) in [4.78, 5) is 92.1. The van der Waals surface area contributed by atoms with Crippen molar-refractivity contribution in [2.24, 2.45) is 11.7 Å². The number of aliphatic hydroxyl groups excluding tert-OH is 1. The summed E-state index contributed by atoms with van der Waals surface area (Å²) in [6, 6.07) is 10.8. The second-order valence-corrected chi connectivity index (χ2v) is 12.2. The molecule has 8 N–H and O–H groups in total. The third-order valence-electron chi connectivity index (χ3n) is 7.63. The number of benzene rings is 2. The number of nitrogens with two attached hydrogens (primary N) is 1. The lowest BCUT2D eigenvalue weighted by molar-refractivity contribution is -0.384. The van der Waals surface area contributed by atoms with E-state index in [-0.39, 0.29) is 48.6 Å². The molecule has 1 aliphatic heterocycles. The van der Waals surface area contributed by atoms with Crippen molar-refractivity contribution >= 4 is 47.5 Å². The summed E-state index contributed by atoms with van der Waals surface area (Å²) in [6.45, 7) is 3.88. The molecule has 0 saturated carbocycles. The minimum absolute atomic E-state index is 0.0540. The fourth-order valence-corrected chi connectivity index (χ4v) is 4.70. The van der Waals surface area contributed by atoms with Crippen molar-refractivity contribution in [3.05, 3.63) is 82.4 Å². The Bertz CT molecular complexity index is 1650. The Kier molecular flexibility index (Phi) is 19.1. The van der Waals surface area contributed by atoms with E-state index < -0.39 is 53.3 Å². The second-order valence-electron chi connectivity index (χ2n) is 12.2. The number of urea groups is 1. The van der Waals surface area contributed by atoms with Crippen LogP contribution in [0.2, 0.25) is 0 Å². The van der Waals surface area contributed by atoms with Crippen molar-refractivity contribution in [1.29, 1.82) is 0 Å². The number of carboxylic acid groups (broad SMARTS) is 1. The standard InChI is InChI=1S/C22H25N3O9.C13H20N4O4/c1-14(2)20(21(29)34-22(30)33-16-9-7-15(8-10-16)25(31)32)23-17(26)6-4-3-5-13-24-18(27)11-12-19(24)28;14-13(21)15-8-4-7-10(12(19)20)16-17-11(18)9-5-2-1-3-6-9/h7-12,14,20H,3-6,13H2,1-2H3,(H,23,26);1-3,5-6,10-11,16-18H,4,7-8H2,(H,19,20)(H3,14,15,21)/t20-;10-,11?/m00/s1. The molecule has 3 atom stereocenters. The number of esters is 1. The molecule has 0 fully saturated rings. The number of nitro benzene ring substituents is 1. The molecule has 0 aliphatic carbocycles. The van der Waals surface area contributed by atoms with E-state index in [1.165, 1.54) is 24.3 Å². The average molecular weight is 772 g/mol. The van der Waals surface area contributed by atoms with Gasteiger partial charge in [-0.25, -0.2) is 25.2 Å². The number of unbranched alkanes of at least 4 members (excludes halogenated alkanes) is 2. The number of hydrogen-bond donors (Lipinski definition) is 7. The van der Waals surface area contributed by atoms with Crippen LogP contribution >= 0.6 is 0 Å². The molecule has 298 valence electrons. The first-order chi connectivity index (χ1) is 26.1. The van der Waals surface area contributed by atoms with Crippen LogP contribution in [0.5, 0.6) is 5.75 Å². The summed E-state index contributed by atoms with van der Waals surface area (Å²) in [5.74, 6) is -3.63. The van der Waals surface area contributed by atoms with Crippen molar-refractivity contribution < 1.29 is 58.2 Å². The van der Waals surface area contributed by atoms with Crippen molar-refractivity contribution in [3.63, 3.8) is 0 Å². The van der Waals surface area contributed by atoms with E-state index in [4.69, 9.17) is 15.6 Å². The van der Waals surface area contributed by atoms with Crippen LogP contribution in [0, 0.1) is 16.0 Å². The number of aliphatic hydroxyl groups is 1. The zero-order valence-electron chi connectivity index (χ0n) is 30.2. The minimum Gasteiger partial charge on any atom is -0.480 e. The first-order valence-electron chi connectivity index (χ1n) is 17.1. The molecule has 20 heteroatoms. The lowest BCUT2D eigenvalue weighted by Gasteiger charge is -2.20. The fourth-order valence-electron chi connectivity index (χ4n) is 4.70. The van der Waals surface area contributed by atoms with Crippen molar-refractivity contribution in [1.82, 2.24) is 26.4 Å². The molecule has 1 heterocycles. The molecule has 0 bridgehead atoms. The topological polar surface area (TPSA) is 299 Å². The maximum absolute atomic E-state index is 12.3. The number of nitro groups is 1. The van der Waals surface area contributed by atoms with Gasteiger partial charge < -0.3 is 36.1 Å². The lowest BCUT2D eigenvalue weighted by atomic mass is 10.0. The summed E-state index contributed by atoms with van der Waals surface area (Å²) >= 11 is 0. The van der Waals surface area contributed by atoms with Gasteiger partial charge in [0.05, 0.1) is 4.92 Å². The molecule has 3 rings (SSSR count). The highest BCUT2D eigenvalue weighted by Gasteiger charge is 2.29. The Morgan fingerprint density at radius 1 is 0.909 bits per heavy atom. The Morgan fingerprint density at radius 3 is 2.11 bits per heavy atom. The Labute approximate surface area is 315 Å². The summed E-state index contributed by atoms with van der Waals surface area (Å²) in [5.41, 5.74) is 10.4. The van der Waals surface area contributed by atoms with Crippen LogP contribution in [-0.2, 0) is 28.7 Å². The van der Waals surface area contributed by atoms with Gasteiger partial charge in [0, 0.05) is 43.8 Å². The van der Waals surface area contributed by atoms with Gasteiger partial charge in [-0.1, -0.05) is 50.6 Å². The molecule has 55 heavy (non-hydrogen) atoms. The number of carbonyl (C=O) groups excluding carboxylic acids is 6. The van der Waals surface area contributed by atoms with Gasteiger partial charge in [0.2, 0.25) is 5.91 Å². The number of carbonyl (C=O) groups is 7. The molecular formula is C35H45N7O13. The third-order valence-corrected chi connectivity index (χ3v) is 7.63. The van der Waals surface area contributed by atoms with E-state index in [1.807, 2.05) is 6.07 Å². The maximum atomic E-state index is 12.3. The van der Waals surface area contributed by atoms with Gasteiger partial charge in [-0.3, -0.25) is 34.2 Å². The summed E-state index contributed by atoms with van der Waals surface area (Å²) in [6.07, 6.45) is 2.47. The number of amides is 5. The minimum atomic E-state index is -1.33. The number of rotatable bonds is 20. The van der Waals surface area contributed by atoms with Crippen LogP contribution in [0.15, 0.2) is 66.7 Å². The van der Waals surface area contributed by atoms with Gasteiger partial charge in [0.25, 0.3) is 17.5 Å². The van der Waals surface area contributed by atoms with Gasteiger partial charge in [-0.15, -0.1) is 0 Å². The Balaban J connectivity index is 0.000000426. The van der Waals surface area contributed by atoms with Gasteiger partial charge in [-0.2, -0.15) is 0 Å². The van der Waals surface area contributed by atoms with E-state index in [2.05, 4.69) is 26.2 Å². The zero-order chi connectivity index (χ0) is 40.9. The number of primary amides is 1. The highest BCUT2D eigenvalue weighted by molar-refractivity contribution is 6.12. The second kappa shape index (κ2) is 23.4. The van der Waals surface area contributed by atoms with Crippen molar-refractivity contribution in [3.8, 4) is 5.75 Å². The molecule has 0 aromatic heterocycles. The number of nitrogens with one attached hydrogen (secondary N) is 4. The fraction of sp³-hybridized carbons (Fsp3) is 0.400. The van der Waals surface area contributed by atoms with Gasteiger partial charge in [0.15, 0.2) is 0 Å². The molecule has 0 spiro atoms. The summed E-state index contributed by atoms with van der Waals surface area (Å²) in [5, 5.41) is 34.5. The SMILES string of the molecule is CC(C)[C@H](NC(=O)CCCCCN1C(=O)C=CC1=O)C(=O)OC(=O)Oc1ccc([N+](=O)[O-])cc1.NC(=O)NCCC[C@H](NNC(O)c1ccccc1)C(=O)O. The van der Waals surface area contributed by atoms with Gasteiger partial charge >= 0.3 is 24.1 Å². The normalized spacial score (nSPS) is 13.6. The number of ether oxygens (including phenoxy) is 2. The molecule has 1 aliphatic rings. The van der Waals surface area contributed by atoms with Gasteiger partial charge in [0.1, 0.15) is 24.1 Å². The van der Waals surface area contributed by atoms with Crippen LogP contribution < -0.4 is 32.0 Å². The van der Waals surface area contributed by atoms with E-state index >= 15 is 0 Å². The molecule has 2 aromatic rings. The van der Waals surface area contributed by atoms with Crippen LogP contribution in [0.1, 0.15) is 64.2 Å². The van der Waals surface area contributed by atoms with Crippen molar-refractivity contribution in [2.45, 2.75) is 70.7 Å². The quantitative estimate of drug-likeness (QED) is 0.0148. The number of non-ortho nitro benzene ring substituents is 1. The van der Waals surface area contributed by atoms with E-state index in [9.17, 15) is 48.8 Å². The molecule has 20 nitrogen and oxygen atoms in total. The van der Waals surface area contributed by atoms with E-state index in [1.54, 1.807) is 38.1 Å². The largest absolute Gasteiger partial charge is 0.521 e. The number of hydrogen-bond acceptors (Lipinski definition) is 14. The predicted molar refractivity (Wildman–Crippen MR) is 192 cm³/mol. The molecule has 1 unspecified atom stereocenters. The smallest absolute Gasteiger partial charge is 0.480 e. The molecule has 0 radical (unpaired) electrons. The first kappa shape index (κ1) is 44.9. The summed E-state index contributed by atoms with van der Waals surface area (Å²) < 4.78 is 9.48. The van der Waals surface area contributed by atoms with Crippen molar-refractivity contribution in [2.75, 3.05) is 13.1 Å². The number of nitrogens with zero attached hydrogens (tertiary/aromatic N) is 2. The molecule has 5 amide bonds. The third kappa shape index (κ3) is 17.0. The Morgan fingerprint density at radius 2 is 1.55 bits per heavy atom. The van der Waals surface area contributed by atoms with Crippen LogP contribution in [0.25, 0.3) is 0 Å². The molecular weight excluding hydrogens is 726 g/mol. The number of carboxylic acids is 1. The number of hydrazine groups is 1. The zero-order valence-corrected chi connectivity index (χ0v) is 30.2. The summed E-state index contributed by atoms with van der Waals surface area (Å²) in [7, 11) is 0. The first-order valence-corrected chi connectivity index (χ1v) is 17.1. The highest BCUT2D eigenvalue weighted by atomic mass is 16.7. The highest BCUT2D eigenvalue weighted by Crippen LogP contribution is 2.18. The maximum Gasteiger partial charge on any atom is 0.521 e. The number of imide groups is 1. The van der Waals surface area contributed by atoms with E-state index in [0.29, 0.717) is 37.8 Å². The molecule has 2 aromatic carbocycles. The monoisotopic (exact) mass is 771 g/mol. The average Bonchev–Trinajstić information content (AvgIpc) is 3.46. The van der Waals surface area contributed by atoms with E-state index in [0.717, 1.165) is 17.0 Å². The lowest BCUT2D eigenvalue weighted by Crippen LogP contribution is -2.47. The van der Waals surface area contributed by atoms with Gasteiger partial charge in [-0.05, 0) is 49.3 Å². The Hall–Kier alpha value is -6.25. The number of aliphatic carboxylic acids is 1. The van der Waals surface area contributed by atoms with Crippen LogP contribution in [0.3, 0.4) is 0 Å². The van der Waals surface area contributed by atoms with Crippen LogP contribution in [-0.4, -0.2) is 87.1 Å².